The molecule has 1 unspecified atom stereocenters. The van der Waals surface area contributed by atoms with Crippen molar-refractivity contribution in [3.8, 4) is 5.75 Å². The molecule has 1 atom stereocenters. The second kappa shape index (κ2) is 6.64. The van der Waals surface area contributed by atoms with Crippen molar-refractivity contribution >= 4 is 11.9 Å². The van der Waals surface area contributed by atoms with Gasteiger partial charge in [-0.15, -0.1) is 0 Å². The number of esters is 1. The molecule has 0 spiro atoms. The van der Waals surface area contributed by atoms with Gasteiger partial charge in [0.25, 0.3) is 5.91 Å². The first-order valence-corrected chi connectivity index (χ1v) is 5.58. The molecule has 1 rings (SSSR count). The average Bonchev–Trinajstić information content (AvgIpc) is 2.38. The lowest BCUT2D eigenvalue weighted by atomic mass is 10.1. The zero-order chi connectivity index (χ0) is 13.5. The van der Waals surface area contributed by atoms with Crippen molar-refractivity contribution in [1.29, 1.82) is 0 Å². The molecular formula is C13H17NO4. The number of nitrogens with one attached hydrogen (secondary N) is 1. The summed E-state index contributed by atoms with van der Waals surface area (Å²) in [5, 5.41) is 2.72. The smallest absolute Gasteiger partial charge is 0.307 e. The van der Waals surface area contributed by atoms with E-state index in [9.17, 15) is 9.59 Å². The molecule has 1 aromatic carbocycles. The molecule has 0 saturated heterocycles. The van der Waals surface area contributed by atoms with Crippen molar-refractivity contribution in [2.75, 3.05) is 14.2 Å². The van der Waals surface area contributed by atoms with E-state index in [0.29, 0.717) is 11.3 Å². The molecule has 0 aliphatic carbocycles. The molecule has 0 saturated carbocycles. The third-order valence-electron chi connectivity index (χ3n) is 2.41. The maximum absolute atomic E-state index is 11.9. The molecule has 98 valence electrons. The molecule has 5 heteroatoms. The Morgan fingerprint density at radius 3 is 2.67 bits per heavy atom. The Balaban J connectivity index is 2.61. The number of hydrogen-bond acceptors (Lipinski definition) is 4. The zero-order valence-corrected chi connectivity index (χ0v) is 10.7. The van der Waals surface area contributed by atoms with Crippen LogP contribution in [-0.2, 0) is 9.53 Å². The fraction of sp³-hybridized carbons (Fsp3) is 0.385. The first-order chi connectivity index (χ1) is 8.56. The highest BCUT2D eigenvalue weighted by Gasteiger charge is 2.13. The van der Waals surface area contributed by atoms with Crippen LogP contribution in [0.15, 0.2) is 24.3 Å². The van der Waals surface area contributed by atoms with E-state index in [1.165, 1.54) is 14.2 Å². The first-order valence-electron chi connectivity index (χ1n) is 5.58. The van der Waals surface area contributed by atoms with Gasteiger partial charge in [0, 0.05) is 11.6 Å². The molecule has 0 radical (unpaired) electrons. The molecule has 0 aliphatic heterocycles. The van der Waals surface area contributed by atoms with Crippen LogP contribution in [0.5, 0.6) is 5.75 Å². The number of carbonyl (C=O) groups is 2. The lowest BCUT2D eigenvalue weighted by Gasteiger charge is -2.12. The minimum absolute atomic E-state index is 0.145. The SMILES string of the molecule is COC(=O)CC(C)NC(=O)c1cccc(OC)c1. The van der Waals surface area contributed by atoms with Crippen molar-refractivity contribution < 1.29 is 19.1 Å². The van der Waals surface area contributed by atoms with E-state index in [2.05, 4.69) is 10.1 Å². The Labute approximate surface area is 106 Å². The largest absolute Gasteiger partial charge is 0.497 e. The van der Waals surface area contributed by atoms with Gasteiger partial charge in [-0.1, -0.05) is 6.07 Å². The fourth-order valence-electron chi connectivity index (χ4n) is 1.46. The number of methoxy groups -OCH3 is 2. The fourth-order valence-corrected chi connectivity index (χ4v) is 1.46. The summed E-state index contributed by atoms with van der Waals surface area (Å²) in [6.45, 7) is 1.75. The summed E-state index contributed by atoms with van der Waals surface area (Å²) in [6, 6.07) is 6.53. The van der Waals surface area contributed by atoms with Gasteiger partial charge < -0.3 is 14.8 Å². The van der Waals surface area contributed by atoms with Crippen LogP contribution in [0, 0.1) is 0 Å². The van der Waals surface area contributed by atoms with E-state index in [1.54, 1.807) is 31.2 Å². The Hall–Kier alpha value is -2.04. The molecule has 5 nitrogen and oxygen atoms in total. The molecule has 1 aromatic rings. The molecular weight excluding hydrogens is 234 g/mol. The van der Waals surface area contributed by atoms with Gasteiger partial charge in [0.1, 0.15) is 5.75 Å². The van der Waals surface area contributed by atoms with E-state index in [1.807, 2.05) is 0 Å². The minimum atomic E-state index is -0.353. The van der Waals surface area contributed by atoms with Gasteiger partial charge >= 0.3 is 5.97 Å². The molecule has 1 amide bonds. The van der Waals surface area contributed by atoms with Crippen LogP contribution in [0.3, 0.4) is 0 Å². The topological polar surface area (TPSA) is 64.6 Å². The number of carbonyl (C=O) groups excluding carboxylic acids is 2. The third kappa shape index (κ3) is 4.08. The van der Waals surface area contributed by atoms with E-state index in [0.717, 1.165) is 0 Å². The predicted molar refractivity (Wildman–Crippen MR) is 66.6 cm³/mol. The number of ether oxygens (including phenoxy) is 2. The van der Waals surface area contributed by atoms with Gasteiger partial charge in [0.2, 0.25) is 0 Å². The van der Waals surface area contributed by atoms with Crippen molar-refractivity contribution in [2.45, 2.75) is 19.4 Å². The highest BCUT2D eigenvalue weighted by molar-refractivity contribution is 5.95. The molecule has 0 aliphatic rings. The monoisotopic (exact) mass is 251 g/mol. The summed E-state index contributed by atoms with van der Waals surface area (Å²) in [6.07, 6.45) is 0.145. The Bertz CT molecular complexity index is 431. The van der Waals surface area contributed by atoms with Gasteiger partial charge in [-0.2, -0.15) is 0 Å². The van der Waals surface area contributed by atoms with Gasteiger partial charge in [-0.25, -0.2) is 0 Å². The maximum atomic E-state index is 11.9. The second-order valence-electron chi connectivity index (χ2n) is 3.89. The molecule has 0 bridgehead atoms. The Morgan fingerprint density at radius 1 is 1.33 bits per heavy atom. The van der Waals surface area contributed by atoms with Crippen LogP contribution in [0.1, 0.15) is 23.7 Å². The Kier molecular flexibility index (Phi) is 5.17. The van der Waals surface area contributed by atoms with Crippen LogP contribution in [0.2, 0.25) is 0 Å². The van der Waals surface area contributed by atoms with E-state index in [-0.39, 0.29) is 24.3 Å². The number of amides is 1. The quantitative estimate of drug-likeness (QED) is 0.803. The lowest BCUT2D eigenvalue weighted by Crippen LogP contribution is -2.34. The number of rotatable bonds is 5. The molecule has 1 N–H and O–H groups in total. The number of benzene rings is 1. The highest BCUT2D eigenvalue weighted by Crippen LogP contribution is 2.12. The predicted octanol–water partition coefficient (Wildman–Crippen LogP) is 1.38. The third-order valence-corrected chi connectivity index (χ3v) is 2.41. The van der Waals surface area contributed by atoms with Gasteiger partial charge in [0.05, 0.1) is 20.6 Å². The van der Waals surface area contributed by atoms with Crippen molar-refractivity contribution in [3.05, 3.63) is 29.8 Å². The van der Waals surface area contributed by atoms with Crippen LogP contribution < -0.4 is 10.1 Å². The summed E-state index contributed by atoms with van der Waals surface area (Å²) in [5.41, 5.74) is 0.492. The standard InChI is InChI=1S/C13H17NO4/c1-9(7-12(15)18-3)14-13(16)10-5-4-6-11(8-10)17-2/h4-6,8-9H,7H2,1-3H3,(H,14,16). The summed E-state index contributed by atoms with van der Waals surface area (Å²) in [4.78, 5) is 22.9. The van der Waals surface area contributed by atoms with Crippen LogP contribution in [-0.4, -0.2) is 32.1 Å². The molecule has 0 heterocycles. The average molecular weight is 251 g/mol. The molecule has 0 fully saturated rings. The van der Waals surface area contributed by atoms with Crippen molar-refractivity contribution in [1.82, 2.24) is 5.32 Å². The van der Waals surface area contributed by atoms with Crippen LogP contribution >= 0.6 is 0 Å². The summed E-state index contributed by atoms with van der Waals surface area (Å²) < 4.78 is 9.57. The summed E-state index contributed by atoms with van der Waals surface area (Å²) in [7, 11) is 2.86. The Morgan fingerprint density at radius 2 is 2.06 bits per heavy atom. The van der Waals surface area contributed by atoms with Gasteiger partial charge in [-0.3, -0.25) is 9.59 Å². The summed E-state index contributed by atoms with van der Waals surface area (Å²) >= 11 is 0. The molecule has 18 heavy (non-hydrogen) atoms. The van der Waals surface area contributed by atoms with Gasteiger partial charge in [-0.05, 0) is 25.1 Å². The minimum Gasteiger partial charge on any atom is -0.497 e. The first kappa shape index (κ1) is 14.0. The van der Waals surface area contributed by atoms with Crippen molar-refractivity contribution in [3.63, 3.8) is 0 Å². The molecule has 0 aromatic heterocycles. The number of hydrogen-bond donors (Lipinski definition) is 1. The van der Waals surface area contributed by atoms with E-state index in [4.69, 9.17) is 4.74 Å². The highest BCUT2D eigenvalue weighted by atomic mass is 16.5. The summed E-state index contributed by atoms with van der Waals surface area (Å²) in [5.74, 6) is 0.0158. The maximum Gasteiger partial charge on any atom is 0.307 e. The second-order valence-corrected chi connectivity index (χ2v) is 3.89. The van der Waals surface area contributed by atoms with Gasteiger partial charge in [0.15, 0.2) is 0 Å². The van der Waals surface area contributed by atoms with Crippen LogP contribution in [0.4, 0.5) is 0 Å². The van der Waals surface area contributed by atoms with E-state index >= 15 is 0 Å². The van der Waals surface area contributed by atoms with E-state index < -0.39 is 0 Å². The van der Waals surface area contributed by atoms with Crippen LogP contribution in [0.25, 0.3) is 0 Å². The lowest BCUT2D eigenvalue weighted by molar-refractivity contribution is -0.141. The zero-order valence-electron chi connectivity index (χ0n) is 10.7. The normalized spacial score (nSPS) is 11.5. The van der Waals surface area contributed by atoms with Crippen molar-refractivity contribution in [2.24, 2.45) is 0 Å².